The van der Waals surface area contributed by atoms with Gasteiger partial charge in [0.2, 0.25) is 11.5 Å². The van der Waals surface area contributed by atoms with Crippen molar-refractivity contribution in [1.29, 1.82) is 0 Å². The molecule has 0 radical (unpaired) electrons. The van der Waals surface area contributed by atoms with Crippen LogP contribution in [0.2, 0.25) is 0 Å². The Morgan fingerprint density at radius 2 is 2.21 bits per heavy atom. The molecule has 0 saturated heterocycles. The third-order valence-electron chi connectivity index (χ3n) is 1.86. The van der Waals surface area contributed by atoms with E-state index in [0.717, 1.165) is 0 Å². The van der Waals surface area contributed by atoms with Crippen LogP contribution >= 0.6 is 0 Å². The molecule has 0 saturated carbocycles. The Morgan fingerprint density at radius 3 is 2.86 bits per heavy atom. The topological polar surface area (TPSA) is 51.8 Å². The van der Waals surface area contributed by atoms with Crippen LogP contribution in [0, 0.1) is 0 Å². The SMILES string of the molecule is C=Cc1cnc2nc(C(C)C)oc2n1. The second-order valence-electron chi connectivity index (χ2n) is 3.33. The third-order valence-corrected chi connectivity index (χ3v) is 1.86. The summed E-state index contributed by atoms with van der Waals surface area (Å²) >= 11 is 0. The highest BCUT2D eigenvalue weighted by Crippen LogP contribution is 2.18. The molecule has 0 amide bonds. The van der Waals surface area contributed by atoms with E-state index in [1.54, 1.807) is 12.3 Å². The average molecular weight is 189 g/mol. The zero-order valence-corrected chi connectivity index (χ0v) is 8.19. The van der Waals surface area contributed by atoms with E-state index in [4.69, 9.17) is 4.42 Å². The van der Waals surface area contributed by atoms with Crippen LogP contribution in [-0.4, -0.2) is 15.0 Å². The van der Waals surface area contributed by atoms with Gasteiger partial charge >= 0.3 is 0 Å². The van der Waals surface area contributed by atoms with Crippen LogP contribution in [0.1, 0.15) is 31.4 Å². The molecular weight excluding hydrogens is 178 g/mol. The smallest absolute Gasteiger partial charge is 0.267 e. The number of oxazole rings is 1. The van der Waals surface area contributed by atoms with Crippen molar-refractivity contribution >= 4 is 17.4 Å². The van der Waals surface area contributed by atoms with E-state index in [9.17, 15) is 0 Å². The molecule has 0 fully saturated rings. The van der Waals surface area contributed by atoms with Gasteiger partial charge in [0.1, 0.15) is 0 Å². The zero-order valence-electron chi connectivity index (χ0n) is 8.19. The first-order valence-electron chi connectivity index (χ1n) is 4.46. The van der Waals surface area contributed by atoms with E-state index < -0.39 is 0 Å². The van der Waals surface area contributed by atoms with Crippen LogP contribution < -0.4 is 0 Å². The molecule has 0 aliphatic rings. The molecule has 2 aromatic heterocycles. The van der Waals surface area contributed by atoms with E-state index in [0.29, 0.717) is 22.9 Å². The minimum atomic E-state index is 0.248. The molecule has 4 heteroatoms. The van der Waals surface area contributed by atoms with Crippen molar-refractivity contribution in [3.63, 3.8) is 0 Å². The number of rotatable bonds is 2. The molecule has 0 bridgehead atoms. The fourth-order valence-electron chi connectivity index (χ4n) is 1.10. The van der Waals surface area contributed by atoms with Crippen LogP contribution in [-0.2, 0) is 0 Å². The van der Waals surface area contributed by atoms with Gasteiger partial charge in [-0.1, -0.05) is 20.4 Å². The second kappa shape index (κ2) is 3.21. The number of hydrogen-bond donors (Lipinski definition) is 0. The van der Waals surface area contributed by atoms with E-state index >= 15 is 0 Å². The second-order valence-corrected chi connectivity index (χ2v) is 3.33. The molecule has 0 aliphatic carbocycles. The minimum absolute atomic E-state index is 0.248. The molecule has 4 nitrogen and oxygen atoms in total. The van der Waals surface area contributed by atoms with Crippen LogP contribution in [0.25, 0.3) is 17.4 Å². The van der Waals surface area contributed by atoms with E-state index in [-0.39, 0.29) is 5.92 Å². The maximum absolute atomic E-state index is 5.44. The number of hydrogen-bond acceptors (Lipinski definition) is 4. The lowest BCUT2D eigenvalue weighted by Crippen LogP contribution is -1.85. The standard InChI is InChI=1S/C10H11N3O/c1-4-7-5-11-8-10(12-7)14-9(13-8)6(2)3/h4-6H,1H2,2-3H3. The zero-order chi connectivity index (χ0) is 10.1. The predicted octanol–water partition coefficient (Wildman–Crippen LogP) is 2.38. The van der Waals surface area contributed by atoms with Crippen molar-refractivity contribution in [1.82, 2.24) is 15.0 Å². The highest BCUT2D eigenvalue weighted by Gasteiger charge is 2.10. The van der Waals surface area contributed by atoms with Gasteiger partial charge < -0.3 is 4.42 Å². The first kappa shape index (κ1) is 8.87. The Bertz CT molecular complexity index is 473. The molecule has 0 aromatic carbocycles. The lowest BCUT2D eigenvalue weighted by Gasteiger charge is -1.93. The van der Waals surface area contributed by atoms with Gasteiger partial charge in [0.05, 0.1) is 11.9 Å². The van der Waals surface area contributed by atoms with Gasteiger partial charge in [0.15, 0.2) is 0 Å². The first-order chi connectivity index (χ1) is 6.70. The van der Waals surface area contributed by atoms with Crippen molar-refractivity contribution in [2.45, 2.75) is 19.8 Å². The summed E-state index contributed by atoms with van der Waals surface area (Å²) in [7, 11) is 0. The molecule has 0 N–H and O–H groups in total. The van der Waals surface area contributed by atoms with Crippen molar-refractivity contribution < 1.29 is 4.42 Å². The van der Waals surface area contributed by atoms with Gasteiger partial charge in [-0.25, -0.2) is 9.97 Å². The fourth-order valence-corrected chi connectivity index (χ4v) is 1.10. The summed E-state index contributed by atoms with van der Waals surface area (Å²) in [5.41, 5.74) is 1.73. The molecular formula is C10H11N3O. The Labute approximate surface area is 81.7 Å². The number of aromatic nitrogens is 3. The Morgan fingerprint density at radius 1 is 1.43 bits per heavy atom. The maximum atomic E-state index is 5.44. The van der Waals surface area contributed by atoms with Crippen LogP contribution in [0.4, 0.5) is 0 Å². The van der Waals surface area contributed by atoms with Gasteiger partial charge in [0, 0.05) is 5.92 Å². The normalized spacial score (nSPS) is 11.1. The summed E-state index contributed by atoms with van der Waals surface area (Å²) in [4.78, 5) is 12.5. The Balaban J connectivity index is 2.59. The average Bonchev–Trinajstić information content (AvgIpc) is 2.59. The monoisotopic (exact) mass is 189 g/mol. The quantitative estimate of drug-likeness (QED) is 0.727. The van der Waals surface area contributed by atoms with E-state index in [2.05, 4.69) is 21.5 Å². The highest BCUT2D eigenvalue weighted by atomic mass is 16.4. The van der Waals surface area contributed by atoms with Crippen molar-refractivity contribution in [3.05, 3.63) is 24.4 Å². The summed E-state index contributed by atoms with van der Waals surface area (Å²) in [6.07, 6.45) is 3.26. The first-order valence-corrected chi connectivity index (χ1v) is 4.46. The summed E-state index contributed by atoms with van der Waals surface area (Å²) in [6, 6.07) is 0. The Kier molecular flexibility index (Phi) is 2.04. The Hall–Kier alpha value is -1.71. The summed E-state index contributed by atoms with van der Waals surface area (Å²) in [5, 5.41) is 0. The molecule has 2 heterocycles. The molecule has 0 atom stereocenters. The largest absolute Gasteiger partial charge is 0.421 e. The molecule has 14 heavy (non-hydrogen) atoms. The number of fused-ring (bicyclic) bond motifs is 1. The van der Waals surface area contributed by atoms with Gasteiger partial charge in [-0.2, -0.15) is 4.98 Å². The van der Waals surface area contributed by atoms with Crippen molar-refractivity contribution in [2.75, 3.05) is 0 Å². The van der Waals surface area contributed by atoms with Crippen LogP contribution in [0.5, 0.6) is 0 Å². The molecule has 0 unspecified atom stereocenters. The van der Waals surface area contributed by atoms with Gasteiger partial charge in [-0.15, -0.1) is 0 Å². The van der Waals surface area contributed by atoms with E-state index in [1.165, 1.54) is 0 Å². The summed E-state index contributed by atoms with van der Waals surface area (Å²) in [6.45, 7) is 7.64. The molecule has 0 spiro atoms. The molecule has 0 aliphatic heterocycles. The maximum Gasteiger partial charge on any atom is 0.267 e. The van der Waals surface area contributed by atoms with Gasteiger partial charge in [-0.3, -0.25) is 0 Å². The lowest BCUT2D eigenvalue weighted by atomic mass is 10.2. The number of nitrogens with zero attached hydrogens (tertiary/aromatic N) is 3. The summed E-state index contributed by atoms with van der Waals surface area (Å²) < 4.78 is 5.44. The van der Waals surface area contributed by atoms with Crippen LogP contribution in [0.15, 0.2) is 17.2 Å². The minimum Gasteiger partial charge on any atom is -0.421 e. The van der Waals surface area contributed by atoms with E-state index in [1.807, 2.05) is 13.8 Å². The predicted molar refractivity (Wildman–Crippen MR) is 53.8 cm³/mol. The summed E-state index contributed by atoms with van der Waals surface area (Å²) in [5.74, 6) is 0.916. The highest BCUT2D eigenvalue weighted by molar-refractivity contribution is 5.64. The van der Waals surface area contributed by atoms with Gasteiger partial charge in [0.25, 0.3) is 5.71 Å². The molecule has 72 valence electrons. The molecule has 2 rings (SSSR count). The lowest BCUT2D eigenvalue weighted by molar-refractivity contribution is 0.494. The third kappa shape index (κ3) is 1.39. The fraction of sp³-hybridized carbons (Fsp3) is 0.300. The van der Waals surface area contributed by atoms with Gasteiger partial charge in [-0.05, 0) is 6.08 Å². The van der Waals surface area contributed by atoms with Crippen LogP contribution in [0.3, 0.4) is 0 Å². The van der Waals surface area contributed by atoms with Crippen molar-refractivity contribution in [3.8, 4) is 0 Å². The molecule has 2 aromatic rings. The van der Waals surface area contributed by atoms with Crippen molar-refractivity contribution in [2.24, 2.45) is 0 Å².